The highest BCUT2D eigenvalue weighted by atomic mass is 16.5. The lowest BCUT2D eigenvalue weighted by Gasteiger charge is -2.32. The van der Waals surface area contributed by atoms with E-state index in [9.17, 15) is 14.7 Å². The van der Waals surface area contributed by atoms with Crippen LogP contribution in [0.5, 0.6) is 5.75 Å². The van der Waals surface area contributed by atoms with E-state index < -0.39 is 6.10 Å². The van der Waals surface area contributed by atoms with Crippen LogP contribution in [0.3, 0.4) is 0 Å². The van der Waals surface area contributed by atoms with Crippen LogP contribution in [0.2, 0.25) is 0 Å². The fraction of sp³-hybridized carbons (Fsp3) is 0.476. The third-order valence-corrected chi connectivity index (χ3v) is 5.61. The number of nitrogens with zero attached hydrogens (tertiary/aromatic N) is 5. The van der Waals surface area contributed by atoms with Crippen LogP contribution < -0.4 is 20.9 Å². The molecule has 3 heterocycles. The molecule has 1 aliphatic heterocycles. The number of aryl methyl sites for hydroxylation is 1. The molecule has 3 aromatic rings. The van der Waals surface area contributed by atoms with Crippen molar-refractivity contribution in [3.8, 4) is 5.75 Å². The second-order valence-electron chi connectivity index (χ2n) is 7.66. The summed E-state index contributed by atoms with van der Waals surface area (Å²) in [6, 6.07) is 7.42. The molecular formula is C21H27N5O4. The van der Waals surface area contributed by atoms with Crippen molar-refractivity contribution in [3.05, 3.63) is 45.1 Å². The van der Waals surface area contributed by atoms with Gasteiger partial charge in [-0.2, -0.15) is 4.98 Å². The maximum atomic E-state index is 13.2. The van der Waals surface area contributed by atoms with Gasteiger partial charge in [-0.05, 0) is 30.7 Å². The Morgan fingerprint density at radius 1 is 1.17 bits per heavy atom. The number of hydrogen-bond acceptors (Lipinski definition) is 6. The Kier molecular flexibility index (Phi) is 5.38. The number of hydrogen-bond donors (Lipinski definition) is 1. The van der Waals surface area contributed by atoms with E-state index in [4.69, 9.17) is 4.74 Å². The topological polar surface area (TPSA) is 94.5 Å². The summed E-state index contributed by atoms with van der Waals surface area (Å²) >= 11 is 0. The first kappa shape index (κ1) is 20.2. The van der Waals surface area contributed by atoms with E-state index in [1.54, 1.807) is 18.7 Å². The highest BCUT2D eigenvalue weighted by Gasteiger charge is 2.30. The Morgan fingerprint density at radius 3 is 2.57 bits per heavy atom. The van der Waals surface area contributed by atoms with Crippen molar-refractivity contribution < 1.29 is 9.84 Å². The zero-order chi connectivity index (χ0) is 21.4. The predicted molar refractivity (Wildman–Crippen MR) is 115 cm³/mol. The van der Waals surface area contributed by atoms with Crippen LogP contribution in [0.1, 0.15) is 26.2 Å². The monoisotopic (exact) mass is 413 g/mol. The van der Waals surface area contributed by atoms with Gasteiger partial charge in [0.15, 0.2) is 11.2 Å². The molecule has 0 radical (unpaired) electrons. The second-order valence-corrected chi connectivity index (χ2v) is 7.66. The van der Waals surface area contributed by atoms with Crippen molar-refractivity contribution in [2.75, 3.05) is 18.6 Å². The SMILES string of the molecule is CCCCCn1c(=O)c2c(nc3n2C[C@H](O)CN3c2ccc(OC)cc2)n(C)c1=O. The second kappa shape index (κ2) is 7.98. The summed E-state index contributed by atoms with van der Waals surface area (Å²) in [5.41, 5.74) is 0.780. The minimum absolute atomic E-state index is 0.251. The lowest BCUT2D eigenvalue weighted by molar-refractivity contribution is 0.154. The number of β-amino-alcohol motifs (C(OH)–C–C–N with tert-alkyl or cyclic N) is 1. The Hall–Kier alpha value is -3.07. The minimum Gasteiger partial charge on any atom is -0.497 e. The van der Waals surface area contributed by atoms with Gasteiger partial charge in [0, 0.05) is 19.3 Å². The number of benzene rings is 1. The van der Waals surface area contributed by atoms with Gasteiger partial charge in [-0.25, -0.2) is 4.79 Å². The van der Waals surface area contributed by atoms with E-state index >= 15 is 0 Å². The van der Waals surface area contributed by atoms with Crippen LogP contribution in [0.25, 0.3) is 11.2 Å². The van der Waals surface area contributed by atoms with Crippen LogP contribution >= 0.6 is 0 Å². The summed E-state index contributed by atoms with van der Waals surface area (Å²) in [6.45, 7) is 3.04. The standard InChI is InChI=1S/C21H27N5O4/c1-4-5-6-11-24-19(28)17-18(23(2)21(24)29)22-20-25(12-15(27)13-26(17)20)14-7-9-16(30-3)10-8-14/h7-10,15,27H,4-6,11-13H2,1-3H3/t15-/m1/s1. The number of anilines is 2. The number of aromatic nitrogens is 4. The highest BCUT2D eigenvalue weighted by Crippen LogP contribution is 2.32. The first-order valence-electron chi connectivity index (χ1n) is 10.3. The average Bonchev–Trinajstić information content (AvgIpc) is 3.13. The van der Waals surface area contributed by atoms with E-state index in [-0.39, 0.29) is 17.8 Å². The fourth-order valence-electron chi connectivity index (χ4n) is 4.00. The molecule has 30 heavy (non-hydrogen) atoms. The van der Waals surface area contributed by atoms with Gasteiger partial charge in [0.25, 0.3) is 5.56 Å². The molecule has 0 saturated carbocycles. The van der Waals surface area contributed by atoms with Crippen molar-refractivity contribution in [3.63, 3.8) is 0 Å². The highest BCUT2D eigenvalue weighted by molar-refractivity contribution is 5.77. The number of aliphatic hydroxyl groups is 1. The van der Waals surface area contributed by atoms with Gasteiger partial charge in [-0.1, -0.05) is 19.8 Å². The molecule has 0 aliphatic carbocycles. The quantitative estimate of drug-likeness (QED) is 0.617. The normalized spacial score (nSPS) is 16.1. The number of ether oxygens (including phenoxy) is 1. The first-order chi connectivity index (χ1) is 14.5. The molecule has 0 saturated heterocycles. The van der Waals surface area contributed by atoms with E-state index in [1.807, 2.05) is 29.2 Å². The lowest BCUT2D eigenvalue weighted by atomic mass is 10.2. The third kappa shape index (κ3) is 3.28. The zero-order valence-corrected chi connectivity index (χ0v) is 17.5. The van der Waals surface area contributed by atoms with Gasteiger partial charge in [0.05, 0.1) is 26.3 Å². The molecule has 1 atom stereocenters. The Morgan fingerprint density at radius 2 is 1.90 bits per heavy atom. The predicted octanol–water partition coefficient (Wildman–Crippen LogP) is 1.61. The molecular weight excluding hydrogens is 386 g/mol. The van der Waals surface area contributed by atoms with Gasteiger partial charge >= 0.3 is 5.69 Å². The molecule has 4 rings (SSSR count). The molecule has 0 amide bonds. The summed E-state index contributed by atoms with van der Waals surface area (Å²) < 4.78 is 9.66. The summed E-state index contributed by atoms with van der Waals surface area (Å²) in [5, 5.41) is 10.5. The largest absolute Gasteiger partial charge is 0.497 e. The molecule has 1 aliphatic rings. The van der Waals surface area contributed by atoms with Crippen molar-refractivity contribution >= 4 is 22.8 Å². The van der Waals surface area contributed by atoms with E-state index in [0.717, 1.165) is 30.7 Å². The van der Waals surface area contributed by atoms with E-state index in [2.05, 4.69) is 11.9 Å². The Labute approximate surface area is 173 Å². The van der Waals surface area contributed by atoms with Crippen LogP contribution in [-0.2, 0) is 20.1 Å². The molecule has 1 aromatic carbocycles. The number of fused-ring (bicyclic) bond motifs is 3. The first-order valence-corrected chi connectivity index (χ1v) is 10.3. The summed E-state index contributed by atoms with van der Waals surface area (Å²) in [7, 11) is 3.23. The zero-order valence-electron chi connectivity index (χ0n) is 17.5. The number of methoxy groups -OCH3 is 1. The van der Waals surface area contributed by atoms with E-state index in [0.29, 0.717) is 30.2 Å². The van der Waals surface area contributed by atoms with E-state index in [1.165, 1.54) is 9.13 Å². The van der Waals surface area contributed by atoms with Crippen molar-refractivity contribution in [2.24, 2.45) is 7.05 Å². The average molecular weight is 413 g/mol. The number of unbranched alkanes of at least 4 members (excludes halogenated alkanes) is 2. The van der Waals surface area contributed by atoms with Gasteiger partial charge in [-0.15, -0.1) is 0 Å². The van der Waals surface area contributed by atoms with Crippen LogP contribution in [-0.4, -0.2) is 43.6 Å². The minimum atomic E-state index is -0.679. The summed E-state index contributed by atoms with van der Waals surface area (Å²) in [4.78, 5) is 32.5. The molecule has 9 nitrogen and oxygen atoms in total. The number of imidazole rings is 1. The number of rotatable bonds is 6. The molecule has 0 unspecified atom stereocenters. The Bertz CT molecular complexity index is 1180. The molecule has 9 heteroatoms. The van der Waals surface area contributed by atoms with Gasteiger partial charge in [-0.3, -0.25) is 13.9 Å². The van der Waals surface area contributed by atoms with Crippen molar-refractivity contribution in [1.82, 2.24) is 18.7 Å². The lowest BCUT2D eigenvalue weighted by Crippen LogP contribution is -2.41. The molecule has 0 fully saturated rings. The van der Waals surface area contributed by atoms with Crippen LogP contribution in [0.4, 0.5) is 11.6 Å². The van der Waals surface area contributed by atoms with Crippen LogP contribution in [0.15, 0.2) is 33.9 Å². The Balaban J connectivity index is 1.88. The summed E-state index contributed by atoms with van der Waals surface area (Å²) in [6.07, 6.45) is 2.03. The van der Waals surface area contributed by atoms with Crippen molar-refractivity contribution in [2.45, 2.75) is 45.4 Å². The molecule has 2 aromatic heterocycles. The number of aliphatic hydroxyl groups excluding tert-OH is 1. The molecule has 160 valence electrons. The maximum absolute atomic E-state index is 13.2. The molecule has 0 spiro atoms. The molecule has 1 N–H and O–H groups in total. The van der Waals surface area contributed by atoms with Gasteiger partial charge in [0.1, 0.15) is 5.75 Å². The molecule has 0 bridgehead atoms. The fourth-order valence-corrected chi connectivity index (χ4v) is 4.00. The summed E-state index contributed by atoms with van der Waals surface area (Å²) in [5.74, 6) is 1.26. The van der Waals surface area contributed by atoms with Gasteiger partial charge < -0.3 is 19.3 Å². The smallest absolute Gasteiger partial charge is 0.332 e. The van der Waals surface area contributed by atoms with Gasteiger partial charge in [0.2, 0.25) is 5.95 Å². The third-order valence-electron chi connectivity index (χ3n) is 5.61. The van der Waals surface area contributed by atoms with Crippen molar-refractivity contribution in [1.29, 1.82) is 0 Å². The maximum Gasteiger partial charge on any atom is 0.332 e. The van der Waals surface area contributed by atoms with Crippen LogP contribution in [0, 0.1) is 0 Å².